The Morgan fingerprint density at radius 2 is 0.765 bits per heavy atom. The van der Waals surface area contributed by atoms with Crippen LogP contribution in [0.1, 0.15) is 116 Å². The molecule has 68 heavy (non-hydrogen) atoms. The first-order valence-electron chi connectivity index (χ1n) is 24.3. The molecule has 4 heteroatoms. The molecule has 10 aromatic rings. The van der Waals surface area contributed by atoms with Gasteiger partial charge in [-0.05, 0) is 160 Å². The number of nitrogens with zero attached hydrogens (tertiary/aromatic N) is 2. The van der Waals surface area contributed by atoms with Gasteiger partial charge >= 0.3 is 0 Å². The van der Waals surface area contributed by atoms with Crippen LogP contribution in [-0.2, 0) is 21.7 Å². The van der Waals surface area contributed by atoms with Crippen LogP contribution >= 0.6 is 0 Å². The maximum absolute atomic E-state index is 7.15. The molecule has 0 saturated carbocycles. The number of rotatable bonds is 6. The molecule has 0 saturated heterocycles. The van der Waals surface area contributed by atoms with Gasteiger partial charge in [-0.2, -0.15) is 0 Å². The van der Waals surface area contributed by atoms with Crippen molar-refractivity contribution in [3.63, 3.8) is 0 Å². The first-order chi connectivity index (χ1) is 32.0. The van der Waals surface area contributed by atoms with Gasteiger partial charge in [-0.15, -0.1) is 0 Å². The topological polar surface area (TPSA) is 32.8 Å². The molecule has 2 heterocycles. The van der Waals surface area contributed by atoms with Gasteiger partial charge in [0.25, 0.3) is 0 Å². The third-order valence-corrected chi connectivity index (χ3v) is 13.9. The minimum Gasteiger partial charge on any atom is -0.452 e. The highest BCUT2D eigenvalue weighted by Crippen LogP contribution is 2.48. The molecule has 0 spiro atoms. The second kappa shape index (κ2) is 15.9. The molecule has 0 N–H and O–H groups in total. The fourth-order valence-electron chi connectivity index (χ4n) is 9.59. The van der Waals surface area contributed by atoms with Gasteiger partial charge < -0.3 is 18.6 Å². The number of hydrogen-bond donors (Lipinski definition) is 0. The van der Waals surface area contributed by atoms with E-state index in [1.54, 1.807) is 0 Å². The van der Waals surface area contributed by atoms with Crippen LogP contribution in [-0.4, -0.2) is 0 Å². The van der Waals surface area contributed by atoms with Crippen molar-refractivity contribution in [2.45, 2.75) is 119 Å². The van der Waals surface area contributed by atoms with Gasteiger partial charge in [-0.1, -0.05) is 149 Å². The summed E-state index contributed by atoms with van der Waals surface area (Å²) in [5.41, 5.74) is 17.2. The summed E-state index contributed by atoms with van der Waals surface area (Å²) in [7, 11) is 0. The van der Waals surface area contributed by atoms with Crippen molar-refractivity contribution in [1.82, 2.24) is 0 Å². The van der Waals surface area contributed by atoms with Crippen LogP contribution in [0.3, 0.4) is 0 Å². The number of aryl methyl sites for hydroxylation is 2. The summed E-state index contributed by atoms with van der Waals surface area (Å²) in [6.45, 7) is 31.9. The van der Waals surface area contributed by atoms with Crippen molar-refractivity contribution < 1.29 is 8.83 Å². The first-order valence-corrected chi connectivity index (χ1v) is 24.3. The Kier molecular flexibility index (Phi) is 10.5. The van der Waals surface area contributed by atoms with E-state index in [2.05, 4.69) is 252 Å². The van der Waals surface area contributed by atoms with Gasteiger partial charge in [0.05, 0.1) is 5.69 Å². The van der Waals surface area contributed by atoms with Gasteiger partial charge in [0, 0.05) is 50.0 Å². The number of anilines is 6. The largest absolute Gasteiger partial charge is 0.452 e. The molecule has 10 rings (SSSR count). The lowest BCUT2D eigenvalue weighted by Gasteiger charge is -2.31. The van der Waals surface area contributed by atoms with Crippen LogP contribution in [0, 0.1) is 13.8 Å². The van der Waals surface area contributed by atoms with Crippen molar-refractivity contribution >= 4 is 88.8 Å². The summed E-state index contributed by atoms with van der Waals surface area (Å²) < 4.78 is 14.1. The number of fused-ring (bicyclic) bond motifs is 8. The second-order valence-corrected chi connectivity index (χ2v) is 23.4. The molecule has 0 aliphatic carbocycles. The maximum atomic E-state index is 7.15. The zero-order chi connectivity index (χ0) is 48.2. The van der Waals surface area contributed by atoms with E-state index in [1.165, 1.54) is 33.4 Å². The fraction of sp³-hybridized carbons (Fsp3) is 0.281. The fourth-order valence-corrected chi connectivity index (χ4v) is 9.59. The number of furan rings is 2. The maximum Gasteiger partial charge on any atom is 0.178 e. The van der Waals surface area contributed by atoms with Crippen LogP contribution in [0.15, 0.2) is 154 Å². The molecule has 2 aromatic heterocycles. The Morgan fingerprint density at radius 3 is 1.28 bits per heavy atom. The monoisotopic (exact) mass is 895 g/mol. The molecule has 0 aliphatic heterocycles. The zero-order valence-corrected chi connectivity index (χ0v) is 42.6. The minimum atomic E-state index is -0.0473. The SMILES string of the molecule is Cc1ccc(N(c2cc(C(C)(C)C)cc(C(C)(C)C)c2)c2ccc3cc4c(cc3c2)oc2c4ccc3c4cccc(N(c5ccc(C)cc5)c5cc(C(C)(C)C)cc(C(C)(C)C)c5)c4oc32)cc1. The van der Waals surface area contributed by atoms with Gasteiger partial charge in [-0.25, -0.2) is 0 Å². The standard InChI is InChI=1S/C64H66N2O2/c1-39-18-23-47(24-19-39)65(50-35-43(61(3,4)5)33-44(36-50)62(6,7)8)49-27-22-41-31-55-54-29-28-53-52-16-15-17-56(58(52)68-60(53)59(54)67-57(55)32-42(41)30-49)66(48-25-20-40(2)21-26-48)51-37-45(63(9,10)11)34-46(38-51)64(12,13)14/h15-38H,1-14H3. The van der Waals surface area contributed by atoms with Gasteiger partial charge in [0.1, 0.15) is 5.58 Å². The molecule has 0 radical (unpaired) electrons. The highest BCUT2D eigenvalue weighted by atomic mass is 16.4. The molecule has 344 valence electrons. The molecular formula is C64H66N2O2. The molecular weight excluding hydrogens is 829 g/mol. The summed E-state index contributed by atoms with van der Waals surface area (Å²) in [5, 5.41) is 6.45. The van der Waals surface area contributed by atoms with E-state index in [4.69, 9.17) is 8.83 Å². The van der Waals surface area contributed by atoms with Crippen molar-refractivity contribution in [3.8, 4) is 0 Å². The van der Waals surface area contributed by atoms with E-state index in [-0.39, 0.29) is 21.7 Å². The quantitative estimate of drug-likeness (QED) is 0.166. The Balaban J connectivity index is 1.15. The second-order valence-electron chi connectivity index (χ2n) is 23.4. The van der Waals surface area contributed by atoms with Gasteiger partial charge in [-0.3, -0.25) is 0 Å². The normalized spacial score (nSPS) is 12.9. The number of benzene rings is 8. The van der Waals surface area contributed by atoms with Crippen molar-refractivity contribution in [2.75, 3.05) is 9.80 Å². The lowest BCUT2D eigenvalue weighted by Crippen LogP contribution is -2.19. The van der Waals surface area contributed by atoms with Crippen LogP contribution in [0.5, 0.6) is 0 Å². The molecule has 0 aliphatic rings. The Labute approximate surface area is 403 Å². The molecule has 0 amide bonds. The summed E-state index contributed by atoms with van der Waals surface area (Å²) >= 11 is 0. The predicted molar refractivity (Wildman–Crippen MR) is 292 cm³/mol. The first kappa shape index (κ1) is 45.0. The van der Waals surface area contributed by atoms with E-state index in [0.29, 0.717) is 0 Å². The predicted octanol–water partition coefficient (Wildman–Crippen LogP) is 19.4. The summed E-state index contributed by atoms with van der Waals surface area (Å²) in [5.74, 6) is 0. The Morgan fingerprint density at radius 1 is 0.324 bits per heavy atom. The van der Waals surface area contributed by atoms with E-state index in [1.807, 2.05) is 0 Å². The smallest absolute Gasteiger partial charge is 0.178 e. The molecule has 0 fully saturated rings. The summed E-state index contributed by atoms with van der Waals surface area (Å²) in [6, 6.07) is 54.2. The Hall–Kier alpha value is -6.78. The summed E-state index contributed by atoms with van der Waals surface area (Å²) in [6.07, 6.45) is 0. The average molecular weight is 895 g/mol. The van der Waals surface area contributed by atoms with Gasteiger partial charge in [0.2, 0.25) is 0 Å². The van der Waals surface area contributed by atoms with E-state index < -0.39 is 0 Å². The van der Waals surface area contributed by atoms with E-state index in [0.717, 1.165) is 88.8 Å². The van der Waals surface area contributed by atoms with Crippen molar-refractivity contribution in [3.05, 3.63) is 179 Å². The molecule has 0 unspecified atom stereocenters. The van der Waals surface area contributed by atoms with Crippen molar-refractivity contribution in [2.24, 2.45) is 0 Å². The van der Waals surface area contributed by atoms with Gasteiger partial charge in [0.15, 0.2) is 16.7 Å². The lowest BCUT2D eigenvalue weighted by atomic mass is 9.80. The van der Waals surface area contributed by atoms with Crippen LogP contribution in [0.4, 0.5) is 34.1 Å². The molecule has 4 nitrogen and oxygen atoms in total. The third-order valence-electron chi connectivity index (χ3n) is 13.9. The lowest BCUT2D eigenvalue weighted by molar-refractivity contribution is 0.568. The number of hydrogen-bond acceptors (Lipinski definition) is 4. The number of para-hydroxylation sites is 1. The summed E-state index contributed by atoms with van der Waals surface area (Å²) in [4.78, 5) is 4.78. The molecule has 0 atom stereocenters. The average Bonchev–Trinajstić information content (AvgIpc) is 3.84. The highest BCUT2D eigenvalue weighted by Gasteiger charge is 2.28. The Bertz CT molecular complexity index is 3490. The minimum absolute atomic E-state index is 0.0211. The van der Waals surface area contributed by atoms with E-state index >= 15 is 0 Å². The molecule has 0 bridgehead atoms. The zero-order valence-electron chi connectivity index (χ0n) is 42.6. The highest BCUT2D eigenvalue weighted by molar-refractivity contribution is 6.21. The molecule has 8 aromatic carbocycles. The van der Waals surface area contributed by atoms with Crippen LogP contribution < -0.4 is 9.80 Å². The van der Waals surface area contributed by atoms with Crippen LogP contribution in [0.25, 0.3) is 54.6 Å². The third kappa shape index (κ3) is 8.12. The van der Waals surface area contributed by atoms with Crippen LogP contribution in [0.2, 0.25) is 0 Å². The van der Waals surface area contributed by atoms with E-state index in [9.17, 15) is 0 Å². The van der Waals surface area contributed by atoms with Crippen molar-refractivity contribution in [1.29, 1.82) is 0 Å².